The summed E-state index contributed by atoms with van der Waals surface area (Å²) in [5, 5.41) is 13.0. The lowest BCUT2D eigenvalue weighted by atomic mass is 9.76. The summed E-state index contributed by atoms with van der Waals surface area (Å²) < 4.78 is 45.9. The van der Waals surface area contributed by atoms with Gasteiger partial charge in [-0.15, -0.1) is 0 Å². The molecule has 610 valence electrons. The summed E-state index contributed by atoms with van der Waals surface area (Å²) in [5.74, 6) is 5.25. The second kappa shape index (κ2) is 38.1. The van der Waals surface area contributed by atoms with E-state index >= 15 is 0 Å². The van der Waals surface area contributed by atoms with Crippen molar-refractivity contribution in [3.8, 4) is 40.8 Å². The highest BCUT2D eigenvalue weighted by atomic mass is 79.9. The molecule has 5 aromatic carbocycles. The van der Waals surface area contributed by atoms with Crippen LogP contribution in [0.5, 0.6) is 40.8 Å². The maximum Gasteiger partial charge on any atom is 0.494 e. The van der Waals surface area contributed by atoms with Gasteiger partial charge in [-0.25, -0.2) is 19.9 Å². The van der Waals surface area contributed by atoms with Crippen LogP contribution in [0, 0.1) is 0 Å². The molecule has 5 unspecified atom stereocenters. The van der Waals surface area contributed by atoms with Crippen molar-refractivity contribution in [3.63, 3.8) is 0 Å². The number of halogens is 2. The van der Waals surface area contributed by atoms with Gasteiger partial charge in [0, 0.05) is 123 Å². The van der Waals surface area contributed by atoms with Crippen molar-refractivity contribution in [3.05, 3.63) is 275 Å². The number of nitrogens with zero attached hydrogens (tertiary/aromatic N) is 9. The summed E-state index contributed by atoms with van der Waals surface area (Å²) in [6.45, 7) is 26.4. The Morgan fingerprint density at radius 1 is 0.427 bits per heavy atom. The van der Waals surface area contributed by atoms with Crippen LogP contribution >= 0.6 is 31.9 Å². The molecule has 16 rings (SSSR count). The van der Waals surface area contributed by atoms with E-state index in [9.17, 15) is 24.3 Å². The Morgan fingerprint density at radius 3 is 1.19 bits per heavy atom. The number of methoxy groups -OCH3 is 5. The van der Waals surface area contributed by atoms with Crippen LogP contribution in [-0.2, 0) is 48.6 Å². The van der Waals surface area contributed by atoms with E-state index < -0.39 is 7.12 Å². The molecule has 0 aliphatic carbocycles. The van der Waals surface area contributed by atoms with E-state index in [1.165, 1.54) is 49.6 Å². The molecule has 6 aliphatic rings. The molecular formula is C91H101BBr2N10O13. The third kappa shape index (κ3) is 20.8. The van der Waals surface area contributed by atoms with Gasteiger partial charge < -0.3 is 67.8 Å². The van der Waals surface area contributed by atoms with Crippen molar-refractivity contribution in [2.24, 2.45) is 0 Å². The van der Waals surface area contributed by atoms with E-state index in [0.717, 1.165) is 57.7 Å². The van der Waals surface area contributed by atoms with Crippen LogP contribution in [0.2, 0.25) is 0 Å². The zero-order valence-electron chi connectivity index (χ0n) is 68.7. The number of hydrogen-bond donors (Lipinski definition) is 2. The summed E-state index contributed by atoms with van der Waals surface area (Å²) in [7, 11) is 7.42. The molecule has 10 aromatic rings. The number of pyridine rings is 5. The molecule has 0 radical (unpaired) electrons. The summed E-state index contributed by atoms with van der Waals surface area (Å²) in [6, 6.07) is 48.2. The summed E-state index contributed by atoms with van der Waals surface area (Å²) >= 11 is 6.98. The SMILES string of the molecule is CC1CNCc2cc(Br)ccc21.COc1ccc(C(=O)N2Cc3cc(B4OC(C)(C)C(C)(C)O4)ccc3C(C)C2)cn1.COc1ccc(C(=O)N2Cc3cc(Br)ccc3C(C)C2)cn1.COc1ccc(C(=O)N2Cc3cc(O)ccc3C(C)C2)cn1.COc1ccc(COc2ccc3c(c2)CN(C(=O)c2ccc(OC)nc2)CC3C)nc1. The smallest absolute Gasteiger partial charge is 0.494 e. The molecule has 117 heavy (non-hydrogen) atoms. The Morgan fingerprint density at radius 2 is 0.795 bits per heavy atom. The Labute approximate surface area is 702 Å². The molecule has 5 atom stereocenters. The molecule has 0 spiro atoms. The highest BCUT2D eigenvalue weighted by molar-refractivity contribution is 9.10. The Bertz CT molecular complexity index is 5010. The van der Waals surface area contributed by atoms with Crippen molar-refractivity contribution < 1.29 is 62.0 Å². The fourth-order valence-corrected chi connectivity index (χ4v) is 16.0. The van der Waals surface area contributed by atoms with Crippen molar-refractivity contribution in [1.29, 1.82) is 0 Å². The van der Waals surface area contributed by atoms with Crippen LogP contribution in [0.3, 0.4) is 0 Å². The van der Waals surface area contributed by atoms with Crippen LogP contribution in [0.25, 0.3) is 0 Å². The standard InChI is InChI=1S/C24H25N3O4.C23H29BN2O4.C17H17BrN2O2.C17H18N2O3.C10H12BrN/c1-16-13-27(24(28)17-4-9-23(30-3)26-11-17)14-18-10-20(7-8-22(16)18)31-15-19-5-6-21(29-2)12-25-19;1-15-13-26(21(27)16-7-10-20(28-6)25-12-16)14-17-11-18(8-9-19(15)17)24-29-22(2,3)23(4,5)30-24;1-11-9-20(10-13-7-14(18)4-5-15(11)13)17(21)12-3-6-16(22-2)19-8-12;1-11-9-19(10-13-7-14(20)4-5-15(11)13)17(21)12-3-6-16(22-2)18-8-12;1-7-5-12-6-8-4-9(11)2-3-10(7)8/h4-12,16H,13-15H2,1-3H3;7-12,15H,13-14H2,1-6H3;3-8,11H,9-10H2,1-2H3;3-8,11,20H,9-10H2,1-2H3;2-4,7,12H,5-6H2,1H3. The first-order valence-electron chi connectivity index (χ1n) is 39.1. The highest BCUT2D eigenvalue weighted by Crippen LogP contribution is 2.39. The van der Waals surface area contributed by atoms with Crippen molar-refractivity contribution in [2.45, 2.75) is 142 Å². The Balaban J connectivity index is 0.000000138. The number of phenolic OH excluding ortho intramolecular Hbond substituents is 1. The van der Waals surface area contributed by atoms with Gasteiger partial charge in [0.15, 0.2) is 0 Å². The summed E-state index contributed by atoms with van der Waals surface area (Å²) in [6.07, 6.45) is 7.90. The number of carbonyl (C=O) groups excluding carboxylic acids is 4. The maximum absolute atomic E-state index is 13.1. The number of benzene rings is 5. The predicted octanol–water partition coefficient (Wildman–Crippen LogP) is 15.8. The monoisotopic (exact) mass is 1710 g/mol. The van der Waals surface area contributed by atoms with Crippen molar-refractivity contribution in [1.82, 2.24) is 49.8 Å². The zero-order valence-corrected chi connectivity index (χ0v) is 71.9. The second-order valence-electron chi connectivity index (χ2n) is 31.2. The number of ether oxygens (including phenoxy) is 6. The lowest BCUT2D eigenvalue weighted by Gasteiger charge is -2.33. The molecule has 11 heterocycles. The normalized spacial score (nSPS) is 18.3. The summed E-state index contributed by atoms with van der Waals surface area (Å²) in [4.78, 5) is 79.6. The molecule has 26 heteroatoms. The van der Waals surface area contributed by atoms with Gasteiger partial charge in [-0.3, -0.25) is 24.2 Å². The number of fused-ring (bicyclic) bond motifs is 5. The van der Waals surface area contributed by atoms with E-state index in [-0.39, 0.29) is 58.3 Å². The summed E-state index contributed by atoms with van der Waals surface area (Å²) in [5.41, 5.74) is 15.6. The topological polar surface area (TPSA) is 252 Å². The van der Waals surface area contributed by atoms with E-state index in [1.807, 2.05) is 45.0 Å². The third-order valence-electron chi connectivity index (χ3n) is 22.3. The molecule has 6 aliphatic heterocycles. The Hall–Kier alpha value is -10.8. The highest BCUT2D eigenvalue weighted by Gasteiger charge is 2.52. The van der Waals surface area contributed by atoms with Gasteiger partial charge in [0.25, 0.3) is 23.6 Å². The van der Waals surface area contributed by atoms with Crippen LogP contribution in [0.1, 0.15) is 195 Å². The minimum absolute atomic E-state index is 0.00706. The number of phenols is 1. The number of rotatable bonds is 13. The first kappa shape index (κ1) is 85.6. The minimum Gasteiger partial charge on any atom is -0.508 e. The zero-order chi connectivity index (χ0) is 83.4. The number of hydrogen-bond acceptors (Lipinski definition) is 19. The van der Waals surface area contributed by atoms with Gasteiger partial charge in [0.2, 0.25) is 23.5 Å². The number of nitrogens with one attached hydrogen (secondary N) is 1. The third-order valence-corrected chi connectivity index (χ3v) is 23.3. The van der Waals surface area contributed by atoms with Crippen molar-refractivity contribution in [2.75, 3.05) is 68.3 Å². The second-order valence-corrected chi connectivity index (χ2v) is 33.0. The maximum atomic E-state index is 13.1. The van der Waals surface area contributed by atoms with E-state index in [4.69, 9.17) is 37.7 Å². The van der Waals surface area contributed by atoms with Gasteiger partial charge in [0.05, 0.1) is 80.9 Å². The molecular weight excluding hydrogens is 1610 g/mol. The van der Waals surface area contributed by atoms with Gasteiger partial charge in [-0.2, -0.15) is 0 Å². The fourth-order valence-electron chi connectivity index (χ4n) is 15.2. The van der Waals surface area contributed by atoms with Crippen LogP contribution < -0.4 is 39.2 Å². The lowest BCUT2D eigenvalue weighted by molar-refractivity contribution is 0.00578. The number of amides is 4. The quantitative estimate of drug-likeness (QED) is 0.102. The lowest BCUT2D eigenvalue weighted by Crippen LogP contribution is -2.41. The molecule has 23 nitrogen and oxygen atoms in total. The molecule has 0 bridgehead atoms. The van der Waals surface area contributed by atoms with E-state index in [2.05, 4.69) is 185 Å². The van der Waals surface area contributed by atoms with Crippen LogP contribution in [-0.4, -0.2) is 160 Å². The fraction of sp³-hybridized carbons (Fsp3) is 0.352. The van der Waals surface area contributed by atoms with Crippen molar-refractivity contribution >= 4 is 68.1 Å². The number of aromatic nitrogens is 5. The molecule has 0 saturated carbocycles. The van der Waals surface area contributed by atoms with Gasteiger partial charge in [0.1, 0.15) is 23.9 Å². The number of aromatic hydroxyl groups is 1. The average molecular weight is 1710 g/mol. The molecule has 2 N–H and O–H groups in total. The molecule has 5 aromatic heterocycles. The largest absolute Gasteiger partial charge is 0.508 e. The Kier molecular flexibility index (Phi) is 27.9. The molecule has 1 saturated heterocycles. The van der Waals surface area contributed by atoms with E-state index in [0.29, 0.717) is 116 Å². The first-order valence-corrected chi connectivity index (χ1v) is 40.7. The van der Waals surface area contributed by atoms with Gasteiger partial charge in [-0.1, -0.05) is 109 Å². The van der Waals surface area contributed by atoms with Crippen LogP contribution in [0.4, 0.5) is 0 Å². The van der Waals surface area contributed by atoms with Gasteiger partial charge >= 0.3 is 7.12 Å². The molecule has 1 fully saturated rings. The first-order chi connectivity index (χ1) is 56.1. The van der Waals surface area contributed by atoms with Crippen LogP contribution in [0.15, 0.2) is 192 Å². The predicted molar refractivity (Wildman–Crippen MR) is 456 cm³/mol. The molecule has 4 amide bonds. The minimum atomic E-state index is -0.410. The van der Waals surface area contributed by atoms with E-state index in [1.54, 1.807) is 126 Å². The number of carbonyl (C=O) groups is 4. The van der Waals surface area contributed by atoms with Gasteiger partial charge in [-0.05, 0) is 203 Å². The average Bonchev–Trinajstić information content (AvgIpc) is 1.64.